The lowest BCUT2D eigenvalue weighted by Gasteiger charge is -2.32. The van der Waals surface area contributed by atoms with Gasteiger partial charge in [0.2, 0.25) is 5.69 Å². The zero-order valence-electron chi connectivity index (χ0n) is 37.5. The van der Waals surface area contributed by atoms with Crippen LogP contribution in [0.1, 0.15) is 90.5 Å². The summed E-state index contributed by atoms with van der Waals surface area (Å²) in [5.41, 5.74) is 11.1. The number of hydrogen-bond acceptors (Lipinski definition) is 5. The molecule has 0 aliphatic carbocycles. The van der Waals surface area contributed by atoms with Crippen LogP contribution in [0.25, 0.3) is 12.2 Å². The molecule has 60 heavy (non-hydrogen) atoms. The highest BCUT2D eigenvalue weighted by atomic mass is 35.5. The van der Waals surface area contributed by atoms with Gasteiger partial charge in [-0.25, -0.2) is 0 Å². The average Bonchev–Trinajstić information content (AvgIpc) is 3.59. The van der Waals surface area contributed by atoms with Gasteiger partial charge in [0.15, 0.2) is 5.71 Å². The Bertz CT molecular complexity index is 2290. The number of allylic oxidation sites excluding steroid dienone is 1. The van der Waals surface area contributed by atoms with E-state index in [4.69, 9.17) is 32.7 Å². The fraction of sp³-hybridized carbons (Fsp3) is 0.404. The van der Waals surface area contributed by atoms with Crippen molar-refractivity contribution in [3.8, 4) is 11.5 Å². The van der Waals surface area contributed by atoms with Gasteiger partial charge in [0.05, 0.1) is 11.5 Å². The van der Waals surface area contributed by atoms with E-state index in [9.17, 15) is 0 Å². The van der Waals surface area contributed by atoms with E-state index in [0.717, 1.165) is 88.6 Å². The van der Waals surface area contributed by atoms with E-state index in [1.807, 2.05) is 12.1 Å². The number of benzene rings is 4. The Morgan fingerprint density at radius 1 is 0.717 bits per heavy atom. The fourth-order valence-electron chi connectivity index (χ4n) is 9.21. The Kier molecular flexibility index (Phi) is 14.2. The molecule has 0 amide bonds. The smallest absolute Gasteiger partial charge is 0.209 e. The van der Waals surface area contributed by atoms with Crippen LogP contribution < -0.4 is 24.2 Å². The first-order valence-corrected chi connectivity index (χ1v) is 22.5. The summed E-state index contributed by atoms with van der Waals surface area (Å²) in [6.45, 7) is 26.6. The van der Waals surface area contributed by atoms with Crippen LogP contribution in [0.4, 0.5) is 22.7 Å². The highest BCUT2D eigenvalue weighted by Gasteiger charge is 2.46. The van der Waals surface area contributed by atoms with Gasteiger partial charge in [0.1, 0.15) is 31.8 Å². The van der Waals surface area contributed by atoms with Crippen LogP contribution in [-0.2, 0) is 10.8 Å². The van der Waals surface area contributed by atoms with E-state index in [0.29, 0.717) is 13.2 Å². The standard InChI is InChI=1S/C52H65Cl2N4O2/c1-12-51(8)43-30-39(53)22-26-45(43)55(10)49(51)28-20-37-18-24-41(57(14-3)15-4)32-47(37)59-34-36(7)35-60-48-33-42(58(16-5)17-6)25-19-38(48)21-29-50-52(9,13-2)44-31-40(54)23-27-46(44)56(50)11/h18-33,49H,7,12-17,34-35H2,1-6,8-11H3/q+1/b28-20+. The molecule has 8 heteroatoms. The van der Waals surface area contributed by atoms with Crippen molar-refractivity contribution >= 4 is 63.8 Å². The van der Waals surface area contributed by atoms with E-state index in [2.05, 4.69) is 180 Å². The van der Waals surface area contributed by atoms with Gasteiger partial charge in [-0.1, -0.05) is 62.7 Å². The zero-order chi connectivity index (χ0) is 43.4. The summed E-state index contributed by atoms with van der Waals surface area (Å²) >= 11 is 13.0. The van der Waals surface area contributed by atoms with Crippen molar-refractivity contribution in [1.29, 1.82) is 0 Å². The number of fused-ring (bicyclic) bond motifs is 2. The maximum Gasteiger partial charge on any atom is 0.209 e. The molecule has 0 spiro atoms. The number of rotatable bonds is 18. The lowest BCUT2D eigenvalue weighted by molar-refractivity contribution is -0.401. The molecule has 0 saturated carbocycles. The van der Waals surface area contributed by atoms with E-state index < -0.39 is 0 Å². The monoisotopic (exact) mass is 847 g/mol. The molecule has 6 nitrogen and oxygen atoms in total. The molecule has 0 bridgehead atoms. The Morgan fingerprint density at radius 2 is 1.25 bits per heavy atom. The van der Waals surface area contributed by atoms with Crippen LogP contribution in [0, 0.1) is 0 Å². The highest BCUT2D eigenvalue weighted by Crippen LogP contribution is 2.48. The molecule has 2 aliphatic rings. The molecular weight excluding hydrogens is 784 g/mol. The molecule has 0 saturated heterocycles. The second-order valence-corrected chi connectivity index (χ2v) is 17.5. The normalized spacial score (nSPS) is 19.7. The minimum atomic E-state index is -0.169. The highest BCUT2D eigenvalue weighted by molar-refractivity contribution is 6.31. The van der Waals surface area contributed by atoms with E-state index in [1.165, 1.54) is 28.2 Å². The molecule has 3 atom stereocenters. The molecule has 0 aromatic heterocycles. The predicted octanol–water partition coefficient (Wildman–Crippen LogP) is 13.0. The van der Waals surface area contributed by atoms with Crippen LogP contribution in [0.15, 0.2) is 97.1 Å². The Balaban J connectivity index is 1.24. The summed E-state index contributed by atoms with van der Waals surface area (Å²) in [7, 11) is 4.32. The van der Waals surface area contributed by atoms with Crippen LogP contribution in [0.3, 0.4) is 0 Å². The Labute approximate surface area is 370 Å². The van der Waals surface area contributed by atoms with Gasteiger partial charge in [0.25, 0.3) is 0 Å². The third-order valence-electron chi connectivity index (χ3n) is 13.3. The average molecular weight is 849 g/mol. The number of hydrogen-bond donors (Lipinski definition) is 0. The minimum Gasteiger partial charge on any atom is -0.488 e. The molecular formula is C52H65Cl2N4O2+. The number of halogens is 2. The zero-order valence-corrected chi connectivity index (χ0v) is 39.1. The molecule has 0 radical (unpaired) electrons. The summed E-state index contributed by atoms with van der Waals surface area (Å²) in [4.78, 5) is 7.05. The fourth-order valence-corrected chi connectivity index (χ4v) is 9.55. The van der Waals surface area contributed by atoms with Gasteiger partial charge < -0.3 is 24.2 Å². The molecule has 4 aromatic carbocycles. The summed E-state index contributed by atoms with van der Waals surface area (Å²) in [5, 5.41) is 1.53. The molecule has 3 unspecified atom stereocenters. The number of nitrogens with zero attached hydrogens (tertiary/aromatic N) is 4. The van der Waals surface area contributed by atoms with Crippen molar-refractivity contribution in [3.63, 3.8) is 0 Å². The number of ether oxygens (including phenoxy) is 2. The molecule has 2 aliphatic heterocycles. The van der Waals surface area contributed by atoms with Crippen molar-refractivity contribution in [2.45, 2.75) is 85.1 Å². The van der Waals surface area contributed by atoms with Gasteiger partial charge in [-0.15, -0.1) is 0 Å². The van der Waals surface area contributed by atoms with Gasteiger partial charge in [-0.2, -0.15) is 4.58 Å². The number of anilines is 3. The summed E-state index contributed by atoms with van der Waals surface area (Å²) in [5.74, 6) is 1.63. The van der Waals surface area contributed by atoms with Crippen molar-refractivity contribution in [2.75, 3.05) is 68.2 Å². The predicted molar refractivity (Wildman–Crippen MR) is 259 cm³/mol. The second-order valence-electron chi connectivity index (χ2n) is 16.6. The summed E-state index contributed by atoms with van der Waals surface area (Å²) in [6.07, 6.45) is 10.9. The van der Waals surface area contributed by atoms with E-state index in [1.54, 1.807) is 0 Å². The third kappa shape index (κ3) is 8.74. The maximum absolute atomic E-state index is 6.66. The Hall–Kier alpha value is -4.65. The molecule has 318 valence electrons. The first-order valence-electron chi connectivity index (χ1n) is 21.8. The quantitative estimate of drug-likeness (QED) is 0.0735. The van der Waals surface area contributed by atoms with Crippen LogP contribution in [0.5, 0.6) is 11.5 Å². The molecule has 6 rings (SSSR count). The van der Waals surface area contributed by atoms with Gasteiger partial charge in [-0.05, 0) is 119 Å². The largest absolute Gasteiger partial charge is 0.488 e. The van der Waals surface area contributed by atoms with Gasteiger partial charge in [-0.3, -0.25) is 0 Å². The topological polar surface area (TPSA) is 31.2 Å². The molecule has 0 N–H and O–H groups in total. The van der Waals surface area contributed by atoms with E-state index >= 15 is 0 Å². The van der Waals surface area contributed by atoms with Crippen molar-refractivity contribution in [3.05, 3.63) is 129 Å². The number of likely N-dealkylation sites (N-methyl/N-ethyl adjacent to an activating group) is 1. The lowest BCUT2D eigenvalue weighted by atomic mass is 9.76. The van der Waals surface area contributed by atoms with Crippen LogP contribution >= 0.6 is 23.2 Å². The molecule has 2 heterocycles. The first kappa shape index (κ1) is 44.9. The Morgan fingerprint density at radius 3 is 1.78 bits per heavy atom. The molecule has 0 fully saturated rings. The van der Waals surface area contributed by atoms with Gasteiger partial charge >= 0.3 is 0 Å². The van der Waals surface area contributed by atoms with Gasteiger partial charge in [0, 0.05) is 107 Å². The minimum absolute atomic E-state index is 0.0867. The third-order valence-corrected chi connectivity index (χ3v) is 13.8. The summed E-state index contributed by atoms with van der Waals surface area (Å²) in [6, 6.07) is 25.7. The van der Waals surface area contributed by atoms with E-state index in [-0.39, 0.29) is 16.9 Å². The maximum atomic E-state index is 6.66. The summed E-state index contributed by atoms with van der Waals surface area (Å²) < 4.78 is 15.6. The second kappa shape index (κ2) is 19.0. The van der Waals surface area contributed by atoms with Crippen molar-refractivity contribution < 1.29 is 14.0 Å². The lowest BCUT2D eigenvalue weighted by Crippen LogP contribution is -2.39. The van der Waals surface area contributed by atoms with Crippen molar-refractivity contribution in [1.82, 2.24) is 0 Å². The molecule has 4 aromatic rings. The first-order chi connectivity index (χ1) is 28.8. The van der Waals surface area contributed by atoms with Crippen molar-refractivity contribution in [2.24, 2.45) is 0 Å². The van der Waals surface area contributed by atoms with Crippen LogP contribution in [-0.4, -0.2) is 69.8 Å². The SMILES string of the molecule is C=C(COc1cc(N(CC)CC)ccc1/C=C/C1=[N+](C)c2ccc(Cl)cc2C1(C)CC)COc1cc(N(CC)CC)ccc1/C=C/C1N(C)c2ccc(Cl)cc2C1(C)CC. The van der Waals surface area contributed by atoms with Crippen LogP contribution in [0.2, 0.25) is 10.0 Å².